The fourth-order valence-electron chi connectivity index (χ4n) is 2.18. The Morgan fingerprint density at radius 3 is 2.16 bits per heavy atom. The maximum Gasteiger partial charge on any atom is 0.0448 e. The Bertz CT molecular complexity index is 467. The fourth-order valence-corrected chi connectivity index (χ4v) is 2.18. The molecule has 0 aromatic heterocycles. The van der Waals surface area contributed by atoms with E-state index in [9.17, 15) is 0 Å². The molecule has 2 rings (SSSR count). The molecule has 3 N–H and O–H groups in total. The molecule has 2 heteroatoms. The molecule has 19 heavy (non-hydrogen) atoms. The third-order valence-corrected chi connectivity index (χ3v) is 3.45. The van der Waals surface area contributed by atoms with E-state index >= 15 is 0 Å². The molecular weight excluding hydrogens is 232 g/mol. The number of hydrogen-bond donors (Lipinski definition) is 2. The van der Waals surface area contributed by atoms with Gasteiger partial charge in [0, 0.05) is 12.1 Å². The molecule has 2 nitrogen and oxygen atoms in total. The van der Waals surface area contributed by atoms with Crippen LogP contribution in [0.2, 0.25) is 0 Å². The molecule has 2 aromatic rings. The molecule has 0 saturated heterocycles. The van der Waals surface area contributed by atoms with Crippen LogP contribution in [0.25, 0.3) is 0 Å². The van der Waals surface area contributed by atoms with Gasteiger partial charge in [0.1, 0.15) is 0 Å². The van der Waals surface area contributed by atoms with Gasteiger partial charge in [0.05, 0.1) is 0 Å². The second-order valence-corrected chi connectivity index (χ2v) is 4.91. The summed E-state index contributed by atoms with van der Waals surface area (Å²) < 4.78 is 0. The molecule has 0 amide bonds. The summed E-state index contributed by atoms with van der Waals surface area (Å²) in [4.78, 5) is 0. The first-order valence-corrected chi connectivity index (χ1v) is 6.85. The van der Waals surface area contributed by atoms with Crippen molar-refractivity contribution >= 4 is 0 Å². The molecule has 2 atom stereocenters. The van der Waals surface area contributed by atoms with E-state index in [1.165, 1.54) is 11.1 Å². The van der Waals surface area contributed by atoms with Gasteiger partial charge in [-0.3, -0.25) is 0 Å². The molecule has 2 unspecified atom stereocenters. The number of nitrogens with two attached hydrogens (primary N) is 1. The van der Waals surface area contributed by atoms with Gasteiger partial charge < -0.3 is 11.1 Å². The van der Waals surface area contributed by atoms with Crippen LogP contribution in [0.5, 0.6) is 0 Å². The van der Waals surface area contributed by atoms with Crippen molar-refractivity contribution in [1.82, 2.24) is 5.32 Å². The van der Waals surface area contributed by atoms with Crippen LogP contribution in [-0.2, 0) is 6.42 Å². The average Bonchev–Trinajstić information content (AvgIpc) is 2.48. The highest BCUT2D eigenvalue weighted by Crippen LogP contribution is 2.13. The van der Waals surface area contributed by atoms with E-state index in [1.807, 2.05) is 24.3 Å². The van der Waals surface area contributed by atoms with Gasteiger partial charge in [0.25, 0.3) is 0 Å². The van der Waals surface area contributed by atoms with Crippen molar-refractivity contribution in [1.29, 1.82) is 0 Å². The molecule has 0 fully saturated rings. The van der Waals surface area contributed by atoms with Gasteiger partial charge in [-0.05, 0) is 31.0 Å². The Kier molecular flexibility index (Phi) is 5.13. The zero-order valence-corrected chi connectivity index (χ0v) is 11.4. The second-order valence-electron chi connectivity index (χ2n) is 4.91. The van der Waals surface area contributed by atoms with Crippen LogP contribution in [0.15, 0.2) is 60.7 Å². The third-order valence-electron chi connectivity index (χ3n) is 3.45. The van der Waals surface area contributed by atoms with Crippen LogP contribution in [0.3, 0.4) is 0 Å². The lowest BCUT2D eigenvalue weighted by Crippen LogP contribution is -2.37. The van der Waals surface area contributed by atoms with Gasteiger partial charge in [-0.2, -0.15) is 0 Å². The van der Waals surface area contributed by atoms with Gasteiger partial charge in [0.15, 0.2) is 0 Å². The predicted molar refractivity (Wildman–Crippen MR) is 81.0 cm³/mol. The SMILES string of the molecule is CC(NCCc1ccccc1)C(N)c1ccccc1. The lowest BCUT2D eigenvalue weighted by molar-refractivity contribution is 0.471. The van der Waals surface area contributed by atoms with Gasteiger partial charge in [-0.1, -0.05) is 60.7 Å². The highest BCUT2D eigenvalue weighted by atomic mass is 14.9. The molecule has 0 heterocycles. The van der Waals surface area contributed by atoms with Gasteiger partial charge in [0.2, 0.25) is 0 Å². The van der Waals surface area contributed by atoms with Crippen molar-refractivity contribution < 1.29 is 0 Å². The minimum absolute atomic E-state index is 0.0389. The van der Waals surface area contributed by atoms with Crippen LogP contribution >= 0.6 is 0 Å². The van der Waals surface area contributed by atoms with Gasteiger partial charge in [-0.15, -0.1) is 0 Å². The Labute approximate surface area is 115 Å². The first-order valence-electron chi connectivity index (χ1n) is 6.85. The fraction of sp³-hybridized carbons (Fsp3) is 0.294. The molecule has 0 spiro atoms. The summed E-state index contributed by atoms with van der Waals surface area (Å²) in [5.41, 5.74) is 8.80. The Balaban J connectivity index is 1.80. The van der Waals surface area contributed by atoms with E-state index in [1.54, 1.807) is 0 Å². The Hall–Kier alpha value is -1.64. The topological polar surface area (TPSA) is 38.0 Å². The second kappa shape index (κ2) is 7.07. The average molecular weight is 254 g/mol. The van der Waals surface area contributed by atoms with Crippen LogP contribution in [0.1, 0.15) is 24.1 Å². The smallest absolute Gasteiger partial charge is 0.0448 e. The number of nitrogens with one attached hydrogen (secondary N) is 1. The van der Waals surface area contributed by atoms with Crippen LogP contribution in [0.4, 0.5) is 0 Å². The predicted octanol–water partition coefficient (Wildman–Crippen LogP) is 2.91. The third kappa shape index (κ3) is 4.19. The highest BCUT2D eigenvalue weighted by molar-refractivity contribution is 5.20. The van der Waals surface area contributed by atoms with Gasteiger partial charge >= 0.3 is 0 Å². The normalized spacial score (nSPS) is 14.0. The van der Waals surface area contributed by atoms with Crippen molar-refractivity contribution in [3.8, 4) is 0 Å². The van der Waals surface area contributed by atoms with E-state index in [0.29, 0.717) is 0 Å². The zero-order valence-electron chi connectivity index (χ0n) is 11.4. The van der Waals surface area contributed by atoms with E-state index < -0.39 is 0 Å². The van der Waals surface area contributed by atoms with Crippen molar-refractivity contribution in [2.24, 2.45) is 5.73 Å². The summed E-state index contributed by atoms with van der Waals surface area (Å²) in [6.07, 6.45) is 1.03. The highest BCUT2D eigenvalue weighted by Gasteiger charge is 2.13. The van der Waals surface area contributed by atoms with Crippen LogP contribution < -0.4 is 11.1 Å². The van der Waals surface area contributed by atoms with E-state index in [2.05, 4.69) is 48.6 Å². The molecule has 0 radical (unpaired) electrons. The largest absolute Gasteiger partial charge is 0.323 e. The first kappa shape index (κ1) is 13.8. The minimum Gasteiger partial charge on any atom is -0.323 e. The summed E-state index contributed by atoms with van der Waals surface area (Å²) in [5, 5.41) is 3.50. The number of hydrogen-bond acceptors (Lipinski definition) is 2. The van der Waals surface area contributed by atoms with Crippen LogP contribution in [0, 0.1) is 0 Å². The minimum atomic E-state index is 0.0389. The molecule has 0 bridgehead atoms. The lowest BCUT2D eigenvalue weighted by atomic mass is 10.0. The van der Waals surface area contributed by atoms with Gasteiger partial charge in [-0.25, -0.2) is 0 Å². The summed E-state index contributed by atoms with van der Waals surface area (Å²) in [6.45, 7) is 3.09. The van der Waals surface area contributed by atoms with E-state index in [0.717, 1.165) is 13.0 Å². The Morgan fingerprint density at radius 2 is 1.53 bits per heavy atom. The first-order chi connectivity index (χ1) is 9.27. The van der Waals surface area contributed by atoms with Crippen molar-refractivity contribution in [3.05, 3.63) is 71.8 Å². The molecule has 0 aliphatic heterocycles. The van der Waals surface area contributed by atoms with E-state index in [-0.39, 0.29) is 12.1 Å². The lowest BCUT2D eigenvalue weighted by Gasteiger charge is -2.21. The Morgan fingerprint density at radius 1 is 0.947 bits per heavy atom. The maximum absolute atomic E-state index is 6.26. The molecule has 100 valence electrons. The molecule has 2 aromatic carbocycles. The number of benzene rings is 2. The summed E-state index contributed by atoms with van der Waals surface area (Å²) in [6, 6.07) is 21.1. The zero-order chi connectivity index (χ0) is 13.5. The van der Waals surface area contributed by atoms with Crippen molar-refractivity contribution in [2.45, 2.75) is 25.4 Å². The number of rotatable bonds is 6. The van der Waals surface area contributed by atoms with Crippen LogP contribution in [-0.4, -0.2) is 12.6 Å². The molecule has 0 aliphatic carbocycles. The van der Waals surface area contributed by atoms with Crippen molar-refractivity contribution in [3.63, 3.8) is 0 Å². The quantitative estimate of drug-likeness (QED) is 0.832. The summed E-state index contributed by atoms with van der Waals surface area (Å²) in [7, 11) is 0. The van der Waals surface area contributed by atoms with E-state index in [4.69, 9.17) is 5.73 Å². The molecule has 0 saturated carbocycles. The molecule has 0 aliphatic rings. The summed E-state index contributed by atoms with van der Waals surface area (Å²) in [5.74, 6) is 0. The van der Waals surface area contributed by atoms with Crippen molar-refractivity contribution in [2.75, 3.05) is 6.54 Å². The monoisotopic (exact) mass is 254 g/mol. The summed E-state index contributed by atoms with van der Waals surface area (Å²) >= 11 is 0. The maximum atomic E-state index is 6.26. The standard InChI is InChI=1S/C17H22N2/c1-14(17(18)16-10-6-3-7-11-16)19-13-12-15-8-4-2-5-9-15/h2-11,14,17,19H,12-13,18H2,1H3. The molecular formula is C17H22N2.